The standard InChI is InChI=1S/C15H10N4O2S2/c1-2-5-10(6-3-1)13-17-16-12(20-13)9-23-15-19-18-14(21-15)11-7-4-8-22-11/h1-8H,9H2. The first-order valence-corrected chi connectivity index (χ1v) is 8.63. The molecule has 0 N–H and O–H groups in total. The Morgan fingerprint density at radius 3 is 2.57 bits per heavy atom. The normalized spacial score (nSPS) is 11.0. The van der Waals surface area contributed by atoms with Crippen molar-refractivity contribution in [3.05, 3.63) is 53.7 Å². The molecule has 1 aromatic carbocycles. The number of rotatable bonds is 5. The van der Waals surface area contributed by atoms with Gasteiger partial charge in [0.05, 0.1) is 10.6 Å². The highest BCUT2D eigenvalue weighted by Crippen LogP contribution is 2.28. The third kappa shape index (κ3) is 3.17. The number of hydrogen-bond donors (Lipinski definition) is 0. The van der Waals surface area contributed by atoms with Crippen LogP contribution in [0.15, 0.2) is 61.9 Å². The summed E-state index contributed by atoms with van der Waals surface area (Å²) in [5.41, 5.74) is 0.897. The van der Waals surface area contributed by atoms with E-state index in [1.54, 1.807) is 11.3 Å². The average molecular weight is 342 g/mol. The summed E-state index contributed by atoms with van der Waals surface area (Å²) in [6, 6.07) is 13.5. The van der Waals surface area contributed by atoms with Crippen LogP contribution in [0.4, 0.5) is 0 Å². The molecule has 3 aromatic heterocycles. The van der Waals surface area contributed by atoms with Gasteiger partial charge in [-0.05, 0) is 23.6 Å². The van der Waals surface area contributed by atoms with Gasteiger partial charge in [0.25, 0.3) is 11.1 Å². The number of thiophene rings is 1. The molecule has 0 spiro atoms. The summed E-state index contributed by atoms with van der Waals surface area (Å²) < 4.78 is 11.2. The van der Waals surface area contributed by atoms with E-state index >= 15 is 0 Å². The average Bonchev–Trinajstić information content (AvgIpc) is 3.33. The Bertz CT molecular complexity index is 887. The van der Waals surface area contributed by atoms with Gasteiger partial charge in [-0.1, -0.05) is 36.0 Å². The maximum absolute atomic E-state index is 5.64. The van der Waals surface area contributed by atoms with Crippen LogP contribution in [0.1, 0.15) is 5.89 Å². The Balaban J connectivity index is 1.43. The molecule has 0 saturated heterocycles. The molecule has 0 amide bonds. The number of hydrogen-bond acceptors (Lipinski definition) is 8. The fourth-order valence-corrected chi connectivity index (χ4v) is 3.14. The van der Waals surface area contributed by atoms with Crippen molar-refractivity contribution in [2.24, 2.45) is 0 Å². The molecule has 114 valence electrons. The van der Waals surface area contributed by atoms with E-state index in [-0.39, 0.29) is 0 Å². The molecule has 0 aliphatic carbocycles. The Morgan fingerprint density at radius 1 is 0.870 bits per heavy atom. The van der Waals surface area contributed by atoms with E-state index < -0.39 is 0 Å². The van der Waals surface area contributed by atoms with Crippen LogP contribution in [0, 0.1) is 0 Å². The highest BCUT2D eigenvalue weighted by atomic mass is 32.2. The quantitative estimate of drug-likeness (QED) is 0.504. The lowest BCUT2D eigenvalue weighted by molar-refractivity contribution is 0.465. The lowest BCUT2D eigenvalue weighted by Crippen LogP contribution is -1.80. The zero-order valence-electron chi connectivity index (χ0n) is 11.7. The molecule has 6 nitrogen and oxygen atoms in total. The fraction of sp³-hybridized carbons (Fsp3) is 0.0667. The van der Waals surface area contributed by atoms with Gasteiger partial charge in [0.1, 0.15) is 0 Å². The van der Waals surface area contributed by atoms with Crippen molar-refractivity contribution in [1.29, 1.82) is 0 Å². The lowest BCUT2D eigenvalue weighted by atomic mass is 10.2. The van der Waals surface area contributed by atoms with E-state index in [9.17, 15) is 0 Å². The first-order chi connectivity index (χ1) is 11.4. The van der Waals surface area contributed by atoms with Crippen molar-refractivity contribution in [3.8, 4) is 22.2 Å². The zero-order valence-corrected chi connectivity index (χ0v) is 13.4. The third-order valence-electron chi connectivity index (χ3n) is 2.95. The fourth-order valence-electron chi connectivity index (χ4n) is 1.90. The van der Waals surface area contributed by atoms with Crippen LogP contribution in [0.3, 0.4) is 0 Å². The van der Waals surface area contributed by atoms with E-state index in [0.29, 0.717) is 28.6 Å². The lowest BCUT2D eigenvalue weighted by Gasteiger charge is -1.92. The van der Waals surface area contributed by atoms with E-state index in [2.05, 4.69) is 20.4 Å². The van der Waals surface area contributed by atoms with Gasteiger partial charge in [-0.25, -0.2) is 0 Å². The number of thioether (sulfide) groups is 1. The summed E-state index contributed by atoms with van der Waals surface area (Å²) in [5.74, 6) is 2.03. The van der Waals surface area contributed by atoms with Gasteiger partial charge in [-0.15, -0.1) is 31.7 Å². The first kappa shape index (κ1) is 14.2. The second-order valence-corrected chi connectivity index (χ2v) is 6.38. The van der Waals surface area contributed by atoms with Crippen LogP contribution < -0.4 is 0 Å². The Morgan fingerprint density at radius 2 is 1.74 bits per heavy atom. The van der Waals surface area contributed by atoms with E-state index in [1.807, 2.05) is 47.8 Å². The van der Waals surface area contributed by atoms with Crippen LogP contribution in [-0.2, 0) is 5.75 Å². The van der Waals surface area contributed by atoms with Gasteiger partial charge in [-0.3, -0.25) is 0 Å². The van der Waals surface area contributed by atoms with Crippen LogP contribution in [0.25, 0.3) is 22.2 Å². The Labute approximate surface area is 139 Å². The largest absolute Gasteiger partial charge is 0.420 e. The molecule has 0 aliphatic heterocycles. The summed E-state index contributed by atoms with van der Waals surface area (Å²) in [6.07, 6.45) is 0. The molecule has 4 aromatic rings. The molecule has 0 bridgehead atoms. The summed E-state index contributed by atoms with van der Waals surface area (Å²) >= 11 is 2.93. The molecule has 23 heavy (non-hydrogen) atoms. The van der Waals surface area contributed by atoms with Crippen LogP contribution in [-0.4, -0.2) is 20.4 Å². The van der Waals surface area contributed by atoms with Gasteiger partial charge in [-0.2, -0.15) is 0 Å². The van der Waals surface area contributed by atoms with Crippen LogP contribution in [0.2, 0.25) is 0 Å². The smallest absolute Gasteiger partial charge is 0.277 e. The molecular weight excluding hydrogens is 332 g/mol. The minimum absolute atomic E-state index is 0.478. The summed E-state index contributed by atoms with van der Waals surface area (Å²) in [6.45, 7) is 0. The second kappa shape index (κ2) is 6.35. The minimum atomic E-state index is 0.478. The summed E-state index contributed by atoms with van der Waals surface area (Å²) in [5, 5.41) is 18.6. The topological polar surface area (TPSA) is 77.8 Å². The van der Waals surface area contributed by atoms with Crippen molar-refractivity contribution in [2.45, 2.75) is 11.0 Å². The van der Waals surface area contributed by atoms with Crippen molar-refractivity contribution in [1.82, 2.24) is 20.4 Å². The first-order valence-electron chi connectivity index (χ1n) is 6.76. The van der Waals surface area contributed by atoms with Crippen molar-refractivity contribution >= 4 is 23.1 Å². The zero-order chi connectivity index (χ0) is 15.5. The maximum atomic E-state index is 5.64. The molecule has 3 heterocycles. The van der Waals surface area contributed by atoms with Gasteiger partial charge in [0.15, 0.2) is 0 Å². The third-order valence-corrected chi connectivity index (χ3v) is 4.61. The molecule has 0 aliphatic rings. The molecule has 0 saturated carbocycles. The van der Waals surface area contributed by atoms with E-state index in [0.717, 1.165) is 10.4 Å². The molecule has 0 fully saturated rings. The highest BCUT2D eigenvalue weighted by molar-refractivity contribution is 7.98. The number of aromatic nitrogens is 4. The van der Waals surface area contributed by atoms with Gasteiger partial charge < -0.3 is 8.83 Å². The van der Waals surface area contributed by atoms with Crippen molar-refractivity contribution in [3.63, 3.8) is 0 Å². The molecule has 4 rings (SSSR count). The SMILES string of the molecule is c1ccc(-c2nnc(CSc3nnc(-c4cccs4)o3)o2)cc1. The highest BCUT2D eigenvalue weighted by Gasteiger charge is 2.13. The maximum Gasteiger partial charge on any atom is 0.277 e. The molecule has 0 radical (unpaired) electrons. The number of benzene rings is 1. The van der Waals surface area contributed by atoms with Crippen molar-refractivity contribution < 1.29 is 8.83 Å². The minimum Gasteiger partial charge on any atom is -0.420 e. The van der Waals surface area contributed by atoms with Crippen LogP contribution in [0.5, 0.6) is 0 Å². The number of nitrogens with zero attached hydrogens (tertiary/aromatic N) is 4. The molecular formula is C15H10N4O2S2. The molecule has 0 atom stereocenters. The summed E-state index contributed by atoms with van der Waals surface area (Å²) in [4.78, 5) is 0.952. The monoisotopic (exact) mass is 342 g/mol. The Kier molecular flexibility index (Phi) is 3.91. The predicted molar refractivity (Wildman–Crippen MR) is 86.9 cm³/mol. The molecule has 0 unspecified atom stereocenters. The van der Waals surface area contributed by atoms with Crippen LogP contribution >= 0.6 is 23.1 Å². The van der Waals surface area contributed by atoms with Crippen molar-refractivity contribution in [2.75, 3.05) is 0 Å². The Hall–Kier alpha value is -2.45. The van der Waals surface area contributed by atoms with Gasteiger partial charge in [0, 0.05) is 5.56 Å². The predicted octanol–water partition coefficient (Wildman–Crippen LogP) is 4.14. The summed E-state index contributed by atoms with van der Waals surface area (Å²) in [7, 11) is 0. The van der Waals surface area contributed by atoms with Gasteiger partial charge in [0.2, 0.25) is 11.8 Å². The van der Waals surface area contributed by atoms with E-state index in [1.165, 1.54) is 11.8 Å². The van der Waals surface area contributed by atoms with E-state index in [4.69, 9.17) is 8.83 Å². The second-order valence-electron chi connectivity index (χ2n) is 4.51. The molecule has 8 heteroatoms. The van der Waals surface area contributed by atoms with Gasteiger partial charge >= 0.3 is 0 Å².